The molecule has 1 unspecified atom stereocenters. The molecule has 0 fully saturated rings. The molecule has 1 aromatic rings. The van der Waals surface area contributed by atoms with E-state index in [1.165, 1.54) is 0 Å². The number of ether oxygens (including phenoxy) is 3. The van der Waals surface area contributed by atoms with E-state index < -0.39 is 0 Å². The monoisotopic (exact) mass is 296 g/mol. The Labute approximate surface area is 128 Å². The molecule has 0 aromatic heterocycles. The van der Waals surface area contributed by atoms with Crippen LogP contribution in [0.4, 0.5) is 0 Å². The molecular formula is C16H28N2O3. The molecule has 1 rings (SSSR count). The van der Waals surface area contributed by atoms with Gasteiger partial charge < -0.3 is 19.9 Å². The molecule has 5 nitrogen and oxygen atoms in total. The van der Waals surface area contributed by atoms with E-state index in [0.29, 0.717) is 18.3 Å². The van der Waals surface area contributed by atoms with E-state index >= 15 is 0 Å². The van der Waals surface area contributed by atoms with Gasteiger partial charge in [-0.1, -0.05) is 6.92 Å². The Morgan fingerprint density at radius 3 is 1.86 bits per heavy atom. The Morgan fingerprint density at radius 2 is 1.57 bits per heavy atom. The highest BCUT2D eigenvalue weighted by molar-refractivity contribution is 5.52. The first-order valence-electron chi connectivity index (χ1n) is 7.29. The molecule has 5 heteroatoms. The maximum atomic E-state index is 6.05. The van der Waals surface area contributed by atoms with Gasteiger partial charge in [-0.3, -0.25) is 4.90 Å². The number of nitrogens with two attached hydrogens (primary N) is 1. The van der Waals surface area contributed by atoms with Crippen LogP contribution < -0.4 is 19.9 Å². The molecule has 2 N–H and O–H groups in total. The SMILES string of the molecule is CCN(C(C)C)C(CN)c1c(OC)cc(OC)cc1OC. The van der Waals surface area contributed by atoms with E-state index in [9.17, 15) is 0 Å². The van der Waals surface area contributed by atoms with E-state index in [1.807, 2.05) is 12.1 Å². The van der Waals surface area contributed by atoms with Crippen molar-refractivity contribution in [3.05, 3.63) is 17.7 Å². The molecule has 0 radical (unpaired) electrons. The zero-order valence-corrected chi connectivity index (χ0v) is 14.0. The van der Waals surface area contributed by atoms with Crippen molar-refractivity contribution in [2.75, 3.05) is 34.4 Å². The van der Waals surface area contributed by atoms with Crippen LogP contribution in [0.15, 0.2) is 12.1 Å². The first kappa shape index (κ1) is 17.6. The number of rotatable bonds is 8. The van der Waals surface area contributed by atoms with Gasteiger partial charge in [-0.15, -0.1) is 0 Å². The zero-order chi connectivity index (χ0) is 16.0. The maximum Gasteiger partial charge on any atom is 0.131 e. The summed E-state index contributed by atoms with van der Waals surface area (Å²) in [4.78, 5) is 2.33. The third-order valence-electron chi connectivity index (χ3n) is 3.74. The maximum absolute atomic E-state index is 6.05. The van der Waals surface area contributed by atoms with Gasteiger partial charge in [0, 0.05) is 24.7 Å². The minimum Gasteiger partial charge on any atom is -0.496 e. The Hall–Kier alpha value is -1.46. The van der Waals surface area contributed by atoms with Gasteiger partial charge in [0.05, 0.1) is 32.9 Å². The summed E-state index contributed by atoms with van der Waals surface area (Å²) in [6.45, 7) is 7.84. The second kappa shape index (κ2) is 8.10. The third kappa shape index (κ3) is 3.80. The lowest BCUT2D eigenvalue weighted by Gasteiger charge is -2.35. The summed E-state index contributed by atoms with van der Waals surface area (Å²) >= 11 is 0. The van der Waals surface area contributed by atoms with E-state index in [1.54, 1.807) is 21.3 Å². The predicted molar refractivity (Wildman–Crippen MR) is 85.4 cm³/mol. The largest absolute Gasteiger partial charge is 0.496 e. The zero-order valence-electron chi connectivity index (χ0n) is 14.0. The van der Waals surface area contributed by atoms with Crippen molar-refractivity contribution >= 4 is 0 Å². The summed E-state index contributed by atoms with van der Waals surface area (Å²) in [6.07, 6.45) is 0. The van der Waals surface area contributed by atoms with Gasteiger partial charge in [0.2, 0.25) is 0 Å². The van der Waals surface area contributed by atoms with Crippen LogP contribution in [0.25, 0.3) is 0 Å². The first-order valence-corrected chi connectivity index (χ1v) is 7.29. The van der Waals surface area contributed by atoms with Crippen LogP contribution in [0.3, 0.4) is 0 Å². The molecule has 0 aliphatic carbocycles. The summed E-state index contributed by atoms with van der Waals surface area (Å²) in [5.74, 6) is 2.18. The van der Waals surface area contributed by atoms with Gasteiger partial charge in [0.15, 0.2) is 0 Å². The molecule has 0 spiro atoms. The predicted octanol–water partition coefficient (Wildman–Crippen LogP) is 2.44. The lowest BCUT2D eigenvalue weighted by molar-refractivity contribution is 0.160. The van der Waals surface area contributed by atoms with Crippen LogP contribution in [-0.4, -0.2) is 45.4 Å². The summed E-state index contributed by atoms with van der Waals surface area (Å²) < 4.78 is 16.4. The topological polar surface area (TPSA) is 57.0 Å². The van der Waals surface area contributed by atoms with Crippen LogP contribution in [0.2, 0.25) is 0 Å². The van der Waals surface area contributed by atoms with E-state index in [4.69, 9.17) is 19.9 Å². The van der Waals surface area contributed by atoms with Gasteiger partial charge >= 0.3 is 0 Å². The van der Waals surface area contributed by atoms with Crippen LogP contribution in [0, 0.1) is 0 Å². The van der Waals surface area contributed by atoms with E-state index in [-0.39, 0.29) is 6.04 Å². The quantitative estimate of drug-likeness (QED) is 0.798. The van der Waals surface area contributed by atoms with E-state index in [2.05, 4.69) is 25.7 Å². The summed E-state index contributed by atoms with van der Waals surface area (Å²) in [5, 5.41) is 0. The fraction of sp³-hybridized carbons (Fsp3) is 0.625. The fourth-order valence-corrected chi connectivity index (χ4v) is 2.73. The molecule has 0 saturated carbocycles. The minimum atomic E-state index is 0.0332. The number of nitrogens with zero attached hydrogens (tertiary/aromatic N) is 1. The molecule has 21 heavy (non-hydrogen) atoms. The van der Waals surface area contributed by atoms with Crippen molar-refractivity contribution in [2.24, 2.45) is 5.73 Å². The number of hydrogen-bond donors (Lipinski definition) is 1. The lowest BCUT2D eigenvalue weighted by Crippen LogP contribution is -2.38. The first-order chi connectivity index (χ1) is 10.0. The van der Waals surface area contributed by atoms with Gasteiger partial charge in [-0.2, -0.15) is 0 Å². The van der Waals surface area contributed by atoms with E-state index in [0.717, 1.165) is 23.6 Å². The Bertz CT molecular complexity index is 424. The van der Waals surface area contributed by atoms with Gasteiger partial charge in [0.1, 0.15) is 17.2 Å². The highest BCUT2D eigenvalue weighted by Gasteiger charge is 2.27. The van der Waals surface area contributed by atoms with Gasteiger partial charge in [-0.25, -0.2) is 0 Å². The van der Waals surface area contributed by atoms with Crippen molar-refractivity contribution < 1.29 is 14.2 Å². The number of hydrogen-bond acceptors (Lipinski definition) is 5. The second-order valence-corrected chi connectivity index (χ2v) is 5.12. The van der Waals surface area contributed by atoms with Crippen molar-refractivity contribution in [3.63, 3.8) is 0 Å². The molecule has 0 saturated heterocycles. The average Bonchev–Trinajstić information content (AvgIpc) is 2.50. The lowest BCUT2D eigenvalue weighted by atomic mass is 10.0. The molecule has 0 bridgehead atoms. The smallest absolute Gasteiger partial charge is 0.131 e. The molecule has 0 aliphatic rings. The van der Waals surface area contributed by atoms with Crippen LogP contribution in [-0.2, 0) is 0 Å². The van der Waals surface area contributed by atoms with Crippen molar-refractivity contribution in [1.29, 1.82) is 0 Å². The molecule has 1 atom stereocenters. The molecule has 0 amide bonds. The number of likely N-dealkylation sites (N-methyl/N-ethyl adjacent to an activating group) is 1. The fourth-order valence-electron chi connectivity index (χ4n) is 2.73. The highest BCUT2D eigenvalue weighted by Crippen LogP contribution is 2.40. The van der Waals surface area contributed by atoms with Gasteiger partial charge in [0.25, 0.3) is 0 Å². The van der Waals surface area contributed by atoms with Crippen LogP contribution in [0.5, 0.6) is 17.2 Å². The molecule has 1 aromatic carbocycles. The second-order valence-electron chi connectivity index (χ2n) is 5.12. The summed E-state index contributed by atoms with van der Waals surface area (Å²) in [7, 11) is 4.93. The Kier molecular flexibility index (Phi) is 6.78. The standard InChI is InChI=1S/C16H28N2O3/c1-7-18(11(2)3)13(10-17)16-14(20-5)8-12(19-4)9-15(16)21-6/h8-9,11,13H,7,10,17H2,1-6H3. The van der Waals surface area contributed by atoms with Gasteiger partial charge in [-0.05, 0) is 20.4 Å². The van der Waals surface area contributed by atoms with Crippen molar-refractivity contribution in [1.82, 2.24) is 4.90 Å². The van der Waals surface area contributed by atoms with Crippen LogP contribution >= 0.6 is 0 Å². The third-order valence-corrected chi connectivity index (χ3v) is 3.74. The normalized spacial score (nSPS) is 12.6. The highest BCUT2D eigenvalue weighted by atomic mass is 16.5. The molecule has 0 aliphatic heterocycles. The summed E-state index contributed by atoms with van der Waals surface area (Å²) in [6, 6.07) is 4.15. The van der Waals surface area contributed by atoms with Crippen molar-refractivity contribution in [3.8, 4) is 17.2 Å². The van der Waals surface area contributed by atoms with Crippen LogP contribution in [0.1, 0.15) is 32.4 Å². The Balaban J connectivity index is 3.42. The summed E-state index contributed by atoms with van der Waals surface area (Å²) in [5.41, 5.74) is 7.02. The molecular weight excluding hydrogens is 268 g/mol. The molecule has 0 heterocycles. The number of methoxy groups -OCH3 is 3. The average molecular weight is 296 g/mol. The van der Waals surface area contributed by atoms with Crippen molar-refractivity contribution in [2.45, 2.75) is 32.9 Å². The Morgan fingerprint density at radius 1 is 1.05 bits per heavy atom. The molecule has 120 valence electrons. The minimum absolute atomic E-state index is 0.0332. The number of benzene rings is 1.